The maximum absolute atomic E-state index is 12.6. The van der Waals surface area contributed by atoms with Crippen LogP contribution in [-0.2, 0) is 6.54 Å². The molecule has 0 atom stereocenters. The van der Waals surface area contributed by atoms with Crippen molar-refractivity contribution in [3.63, 3.8) is 0 Å². The Bertz CT molecular complexity index is 1150. The highest BCUT2D eigenvalue weighted by atomic mass is 16.1. The molecule has 4 aromatic rings. The number of hydrogen-bond donors (Lipinski definition) is 1. The fourth-order valence-corrected chi connectivity index (χ4v) is 3.13. The summed E-state index contributed by atoms with van der Waals surface area (Å²) in [6, 6.07) is 21.2. The third kappa shape index (κ3) is 4.86. The Balaban J connectivity index is 1.51. The van der Waals surface area contributed by atoms with E-state index in [4.69, 9.17) is 0 Å². The van der Waals surface area contributed by atoms with E-state index in [1.807, 2.05) is 85.3 Å². The topological polar surface area (TPSA) is 51.9 Å². The van der Waals surface area contributed by atoms with Crippen molar-refractivity contribution in [1.29, 1.82) is 0 Å². The van der Waals surface area contributed by atoms with Crippen LogP contribution in [0.4, 0.5) is 0 Å². The molecule has 1 N–H and O–H groups in total. The van der Waals surface area contributed by atoms with Gasteiger partial charge in [-0.2, -0.15) is 5.10 Å². The summed E-state index contributed by atoms with van der Waals surface area (Å²) in [4.78, 5) is 12.6. The SMILES string of the molecule is O=C(NCCCn1cccc1)c1ccc(-n2cccn2)c(C#Cc2ccccc2)c1. The van der Waals surface area contributed by atoms with Gasteiger partial charge in [-0.1, -0.05) is 30.0 Å². The molecule has 2 heterocycles. The summed E-state index contributed by atoms with van der Waals surface area (Å²) in [6.07, 6.45) is 8.50. The molecule has 5 nitrogen and oxygen atoms in total. The Hall–Kier alpha value is -4.04. The summed E-state index contributed by atoms with van der Waals surface area (Å²) in [6.45, 7) is 1.49. The first-order valence-electron chi connectivity index (χ1n) is 9.90. The third-order valence-electron chi connectivity index (χ3n) is 4.67. The van der Waals surface area contributed by atoms with E-state index in [0.29, 0.717) is 12.1 Å². The van der Waals surface area contributed by atoms with E-state index >= 15 is 0 Å². The van der Waals surface area contributed by atoms with Gasteiger partial charge in [0.15, 0.2) is 0 Å². The highest BCUT2D eigenvalue weighted by Crippen LogP contribution is 2.16. The zero-order chi connectivity index (χ0) is 20.6. The Morgan fingerprint density at radius 1 is 0.933 bits per heavy atom. The second-order valence-electron chi connectivity index (χ2n) is 6.83. The number of rotatable bonds is 6. The molecule has 0 fully saturated rings. The van der Waals surface area contributed by atoms with Gasteiger partial charge in [0.1, 0.15) is 0 Å². The Morgan fingerprint density at radius 3 is 2.53 bits per heavy atom. The van der Waals surface area contributed by atoms with Gasteiger partial charge in [-0.25, -0.2) is 4.68 Å². The zero-order valence-corrected chi connectivity index (χ0v) is 16.5. The first-order valence-corrected chi connectivity index (χ1v) is 9.90. The van der Waals surface area contributed by atoms with E-state index in [-0.39, 0.29) is 5.91 Å². The fourth-order valence-electron chi connectivity index (χ4n) is 3.13. The number of aryl methyl sites for hydroxylation is 1. The number of benzene rings is 2. The van der Waals surface area contributed by atoms with Crippen LogP contribution in [0.3, 0.4) is 0 Å². The monoisotopic (exact) mass is 394 g/mol. The number of carbonyl (C=O) groups excluding carboxylic acids is 1. The van der Waals surface area contributed by atoms with Crippen LogP contribution in [0.25, 0.3) is 5.69 Å². The molecular weight excluding hydrogens is 372 g/mol. The largest absolute Gasteiger partial charge is 0.354 e. The molecule has 0 saturated heterocycles. The van der Waals surface area contributed by atoms with Crippen LogP contribution in [-0.4, -0.2) is 26.8 Å². The van der Waals surface area contributed by atoms with Gasteiger partial charge in [0.05, 0.1) is 11.3 Å². The second kappa shape index (κ2) is 9.44. The molecule has 2 aromatic heterocycles. The highest BCUT2D eigenvalue weighted by Gasteiger charge is 2.10. The Kier molecular flexibility index (Phi) is 6.07. The summed E-state index contributed by atoms with van der Waals surface area (Å²) in [5, 5.41) is 7.30. The molecule has 0 aliphatic carbocycles. The van der Waals surface area contributed by atoms with E-state index in [9.17, 15) is 4.79 Å². The van der Waals surface area contributed by atoms with Crippen molar-refractivity contribution in [3.8, 4) is 17.5 Å². The molecule has 1 amide bonds. The molecule has 0 spiro atoms. The van der Waals surface area contributed by atoms with Crippen molar-refractivity contribution in [2.75, 3.05) is 6.54 Å². The standard InChI is InChI=1S/C25H22N4O/c30-25(26-14-6-18-28-16-4-5-17-28)23-12-13-24(29-19-7-15-27-29)22(20-23)11-10-21-8-2-1-3-9-21/h1-5,7-9,12-13,15-17,19-20H,6,14,18H2,(H,26,30). The maximum atomic E-state index is 12.6. The summed E-state index contributed by atoms with van der Waals surface area (Å²) >= 11 is 0. The zero-order valence-electron chi connectivity index (χ0n) is 16.5. The van der Waals surface area contributed by atoms with Crippen LogP contribution in [0.15, 0.2) is 91.5 Å². The lowest BCUT2D eigenvalue weighted by molar-refractivity contribution is 0.0952. The lowest BCUT2D eigenvalue weighted by atomic mass is 10.1. The Labute approximate surface area is 176 Å². The summed E-state index contributed by atoms with van der Waals surface area (Å²) < 4.78 is 3.86. The molecule has 30 heavy (non-hydrogen) atoms. The number of amides is 1. The average Bonchev–Trinajstić information content (AvgIpc) is 3.50. The normalized spacial score (nSPS) is 10.3. The molecule has 0 saturated carbocycles. The molecule has 4 rings (SSSR count). The average molecular weight is 394 g/mol. The van der Waals surface area contributed by atoms with Gasteiger partial charge in [0.25, 0.3) is 5.91 Å². The highest BCUT2D eigenvalue weighted by molar-refractivity contribution is 5.95. The molecule has 0 radical (unpaired) electrons. The van der Waals surface area contributed by atoms with E-state index in [2.05, 4.69) is 26.8 Å². The van der Waals surface area contributed by atoms with Gasteiger partial charge in [-0.15, -0.1) is 0 Å². The van der Waals surface area contributed by atoms with Gasteiger partial charge in [0.2, 0.25) is 0 Å². The first kappa shape index (κ1) is 19.3. The molecule has 148 valence electrons. The number of aromatic nitrogens is 3. The van der Waals surface area contributed by atoms with Crippen molar-refractivity contribution >= 4 is 5.91 Å². The van der Waals surface area contributed by atoms with Crippen molar-refractivity contribution in [2.24, 2.45) is 0 Å². The number of hydrogen-bond acceptors (Lipinski definition) is 2. The van der Waals surface area contributed by atoms with Crippen LogP contribution >= 0.6 is 0 Å². The van der Waals surface area contributed by atoms with Crippen molar-refractivity contribution in [3.05, 3.63) is 108 Å². The molecule has 0 unspecified atom stereocenters. The van der Waals surface area contributed by atoms with Gasteiger partial charge >= 0.3 is 0 Å². The minimum Gasteiger partial charge on any atom is -0.354 e. The van der Waals surface area contributed by atoms with Gasteiger partial charge in [0, 0.05) is 49.0 Å². The number of carbonyl (C=O) groups is 1. The lowest BCUT2D eigenvalue weighted by Crippen LogP contribution is -2.25. The minimum atomic E-state index is -0.0997. The predicted molar refractivity (Wildman–Crippen MR) is 117 cm³/mol. The van der Waals surface area contributed by atoms with Crippen LogP contribution in [0.5, 0.6) is 0 Å². The van der Waals surface area contributed by atoms with Crippen LogP contribution in [0.1, 0.15) is 27.9 Å². The lowest BCUT2D eigenvalue weighted by Gasteiger charge is -2.09. The van der Waals surface area contributed by atoms with Crippen LogP contribution in [0.2, 0.25) is 0 Å². The molecular formula is C25H22N4O. The second-order valence-corrected chi connectivity index (χ2v) is 6.83. The van der Waals surface area contributed by atoms with E-state index < -0.39 is 0 Å². The van der Waals surface area contributed by atoms with Crippen LogP contribution < -0.4 is 5.32 Å². The first-order chi connectivity index (χ1) is 14.8. The van der Waals surface area contributed by atoms with E-state index in [0.717, 1.165) is 29.8 Å². The molecule has 0 aliphatic heterocycles. The van der Waals surface area contributed by atoms with Crippen molar-refractivity contribution in [1.82, 2.24) is 19.7 Å². The minimum absolute atomic E-state index is 0.0997. The maximum Gasteiger partial charge on any atom is 0.251 e. The molecule has 0 aliphatic rings. The van der Waals surface area contributed by atoms with Crippen molar-refractivity contribution in [2.45, 2.75) is 13.0 Å². The summed E-state index contributed by atoms with van der Waals surface area (Å²) in [7, 11) is 0. The molecule has 5 heteroatoms. The molecule has 2 aromatic carbocycles. The van der Waals surface area contributed by atoms with E-state index in [1.165, 1.54) is 0 Å². The molecule has 0 bridgehead atoms. The predicted octanol–water partition coefficient (Wildman–Crippen LogP) is 3.89. The fraction of sp³-hybridized carbons (Fsp3) is 0.120. The Morgan fingerprint density at radius 2 is 1.77 bits per heavy atom. The van der Waals surface area contributed by atoms with Crippen molar-refractivity contribution < 1.29 is 4.79 Å². The summed E-state index contributed by atoms with van der Waals surface area (Å²) in [5.41, 5.74) is 3.10. The summed E-state index contributed by atoms with van der Waals surface area (Å²) in [5.74, 6) is 6.28. The smallest absolute Gasteiger partial charge is 0.251 e. The number of nitrogens with one attached hydrogen (secondary N) is 1. The number of nitrogens with zero attached hydrogens (tertiary/aromatic N) is 3. The van der Waals surface area contributed by atoms with Gasteiger partial charge in [-0.3, -0.25) is 4.79 Å². The quantitative estimate of drug-likeness (QED) is 0.398. The van der Waals surface area contributed by atoms with Crippen LogP contribution in [0, 0.1) is 11.8 Å². The van der Waals surface area contributed by atoms with Gasteiger partial charge < -0.3 is 9.88 Å². The van der Waals surface area contributed by atoms with Gasteiger partial charge in [-0.05, 0) is 55.0 Å². The third-order valence-corrected chi connectivity index (χ3v) is 4.67. The van der Waals surface area contributed by atoms with E-state index in [1.54, 1.807) is 10.9 Å².